The first kappa shape index (κ1) is 12.5. The normalized spacial score (nSPS) is 12.1. The van der Waals surface area contributed by atoms with Gasteiger partial charge in [0, 0.05) is 23.6 Å². The van der Waals surface area contributed by atoms with E-state index in [-0.39, 0.29) is 12.5 Å². The van der Waals surface area contributed by atoms with Gasteiger partial charge in [0.1, 0.15) is 0 Å². The van der Waals surface area contributed by atoms with Crippen LogP contribution in [-0.4, -0.2) is 22.1 Å². The number of carboxylic acid groups (broad SMARTS) is 1. The molecule has 0 fully saturated rings. The Kier molecular flexibility index (Phi) is 4.76. The first-order chi connectivity index (χ1) is 7.61. The molecule has 4 nitrogen and oxygen atoms in total. The summed E-state index contributed by atoms with van der Waals surface area (Å²) in [7, 11) is 0. The van der Waals surface area contributed by atoms with E-state index >= 15 is 0 Å². The second kappa shape index (κ2) is 6.10. The van der Waals surface area contributed by atoms with Crippen molar-refractivity contribution in [3.8, 4) is 0 Å². The van der Waals surface area contributed by atoms with Crippen LogP contribution in [0, 0.1) is 6.92 Å². The van der Waals surface area contributed by atoms with Gasteiger partial charge in [0.15, 0.2) is 0 Å². The number of rotatable bonds is 6. The second-order valence-corrected chi connectivity index (χ2v) is 3.91. The number of aromatic nitrogens is 1. The molecular formula is C12H18N2O2. The predicted molar refractivity (Wildman–Crippen MR) is 63.5 cm³/mol. The second-order valence-electron chi connectivity index (χ2n) is 3.91. The third kappa shape index (κ3) is 4.29. The zero-order valence-corrected chi connectivity index (χ0v) is 9.73. The Balaban J connectivity index is 2.63. The van der Waals surface area contributed by atoms with Gasteiger partial charge in [0.05, 0.1) is 6.42 Å². The van der Waals surface area contributed by atoms with E-state index in [4.69, 9.17) is 5.11 Å². The van der Waals surface area contributed by atoms with E-state index in [2.05, 4.69) is 10.3 Å². The van der Waals surface area contributed by atoms with Crippen LogP contribution in [0.25, 0.3) is 0 Å². The van der Waals surface area contributed by atoms with Gasteiger partial charge in [-0.25, -0.2) is 0 Å². The van der Waals surface area contributed by atoms with Crippen molar-refractivity contribution in [1.82, 2.24) is 4.98 Å². The lowest BCUT2D eigenvalue weighted by Crippen LogP contribution is -2.23. The highest BCUT2D eigenvalue weighted by atomic mass is 16.4. The maximum absolute atomic E-state index is 10.7. The summed E-state index contributed by atoms with van der Waals surface area (Å²) in [6.45, 7) is 3.96. The van der Waals surface area contributed by atoms with Crippen LogP contribution in [0.3, 0.4) is 0 Å². The van der Waals surface area contributed by atoms with Crippen molar-refractivity contribution in [1.29, 1.82) is 0 Å². The number of aryl methyl sites for hydroxylation is 1. The summed E-state index contributed by atoms with van der Waals surface area (Å²) in [6.07, 6.45) is 3.69. The van der Waals surface area contributed by atoms with Crippen LogP contribution in [0.4, 0.5) is 5.69 Å². The molecule has 88 valence electrons. The summed E-state index contributed by atoms with van der Waals surface area (Å²) in [6, 6.07) is 3.77. The molecule has 0 aromatic carbocycles. The molecule has 16 heavy (non-hydrogen) atoms. The molecule has 2 N–H and O–H groups in total. The monoisotopic (exact) mass is 222 g/mol. The van der Waals surface area contributed by atoms with Crippen molar-refractivity contribution in [3.63, 3.8) is 0 Å². The molecule has 1 unspecified atom stereocenters. The first-order valence-electron chi connectivity index (χ1n) is 5.52. The summed E-state index contributed by atoms with van der Waals surface area (Å²) in [5, 5.41) is 12.0. The van der Waals surface area contributed by atoms with Crippen molar-refractivity contribution >= 4 is 11.7 Å². The fourth-order valence-electron chi connectivity index (χ4n) is 1.66. The molecule has 0 saturated carbocycles. The van der Waals surface area contributed by atoms with Gasteiger partial charge in [-0.3, -0.25) is 9.78 Å². The average Bonchev–Trinajstić information content (AvgIpc) is 2.16. The van der Waals surface area contributed by atoms with Crippen LogP contribution in [0.1, 0.15) is 31.9 Å². The summed E-state index contributed by atoms with van der Waals surface area (Å²) < 4.78 is 0. The van der Waals surface area contributed by atoms with Crippen LogP contribution in [-0.2, 0) is 4.79 Å². The third-order valence-corrected chi connectivity index (χ3v) is 2.33. The molecule has 1 aromatic rings. The zero-order valence-electron chi connectivity index (χ0n) is 9.73. The highest BCUT2D eigenvalue weighted by molar-refractivity contribution is 5.68. The van der Waals surface area contributed by atoms with Gasteiger partial charge in [-0.05, 0) is 25.5 Å². The topological polar surface area (TPSA) is 62.2 Å². The lowest BCUT2D eigenvalue weighted by molar-refractivity contribution is -0.137. The number of nitrogens with one attached hydrogen (secondary N) is 1. The Hall–Kier alpha value is -1.58. The van der Waals surface area contributed by atoms with Gasteiger partial charge < -0.3 is 10.4 Å². The van der Waals surface area contributed by atoms with E-state index in [0.29, 0.717) is 0 Å². The van der Waals surface area contributed by atoms with E-state index in [0.717, 1.165) is 24.2 Å². The molecule has 1 heterocycles. The molecule has 1 rings (SSSR count). The summed E-state index contributed by atoms with van der Waals surface area (Å²) >= 11 is 0. The van der Waals surface area contributed by atoms with Crippen LogP contribution >= 0.6 is 0 Å². The molecule has 0 saturated heterocycles. The molecular weight excluding hydrogens is 204 g/mol. The van der Waals surface area contributed by atoms with E-state index in [1.54, 1.807) is 6.20 Å². The van der Waals surface area contributed by atoms with E-state index in [1.165, 1.54) is 0 Å². The molecule has 1 aromatic heterocycles. The zero-order chi connectivity index (χ0) is 12.0. The predicted octanol–water partition coefficient (Wildman–Crippen LogP) is 2.45. The van der Waals surface area contributed by atoms with E-state index in [9.17, 15) is 4.79 Å². The number of hydrogen-bond donors (Lipinski definition) is 2. The SMILES string of the molecule is CCCC(CC(=O)O)Nc1ccnc(C)c1. The Morgan fingerprint density at radius 2 is 2.38 bits per heavy atom. The molecule has 1 atom stereocenters. The van der Waals surface area contributed by atoms with E-state index in [1.807, 2.05) is 26.0 Å². The minimum atomic E-state index is -0.767. The number of pyridine rings is 1. The Morgan fingerprint density at radius 3 is 2.94 bits per heavy atom. The number of carboxylic acids is 1. The lowest BCUT2D eigenvalue weighted by Gasteiger charge is -2.17. The molecule has 0 amide bonds. The summed E-state index contributed by atoms with van der Waals surface area (Å²) in [4.78, 5) is 14.8. The number of anilines is 1. The lowest BCUT2D eigenvalue weighted by atomic mass is 10.1. The minimum Gasteiger partial charge on any atom is -0.481 e. The maximum atomic E-state index is 10.7. The quantitative estimate of drug-likeness (QED) is 0.776. The molecule has 0 radical (unpaired) electrons. The highest BCUT2D eigenvalue weighted by Gasteiger charge is 2.11. The Labute approximate surface area is 95.7 Å². The van der Waals surface area contributed by atoms with Crippen LogP contribution < -0.4 is 5.32 Å². The number of carbonyl (C=O) groups is 1. The number of hydrogen-bond acceptors (Lipinski definition) is 3. The van der Waals surface area contributed by atoms with Gasteiger partial charge in [0.2, 0.25) is 0 Å². The Morgan fingerprint density at radius 1 is 1.62 bits per heavy atom. The van der Waals surface area contributed by atoms with Gasteiger partial charge in [-0.15, -0.1) is 0 Å². The van der Waals surface area contributed by atoms with Crippen molar-refractivity contribution in [3.05, 3.63) is 24.0 Å². The van der Waals surface area contributed by atoms with E-state index < -0.39 is 5.97 Å². The molecule has 0 spiro atoms. The fourth-order valence-corrected chi connectivity index (χ4v) is 1.66. The highest BCUT2D eigenvalue weighted by Crippen LogP contribution is 2.13. The van der Waals surface area contributed by atoms with Crippen molar-refractivity contribution in [2.45, 2.75) is 39.2 Å². The minimum absolute atomic E-state index is 0.00991. The van der Waals surface area contributed by atoms with Crippen molar-refractivity contribution < 1.29 is 9.90 Å². The van der Waals surface area contributed by atoms with Crippen LogP contribution in [0.5, 0.6) is 0 Å². The van der Waals surface area contributed by atoms with Gasteiger partial charge >= 0.3 is 5.97 Å². The van der Waals surface area contributed by atoms with Crippen LogP contribution in [0.2, 0.25) is 0 Å². The largest absolute Gasteiger partial charge is 0.481 e. The Bertz CT molecular complexity index is 353. The molecule has 4 heteroatoms. The third-order valence-electron chi connectivity index (χ3n) is 2.33. The first-order valence-corrected chi connectivity index (χ1v) is 5.52. The maximum Gasteiger partial charge on any atom is 0.305 e. The number of aliphatic carboxylic acids is 1. The van der Waals surface area contributed by atoms with Crippen molar-refractivity contribution in [2.75, 3.05) is 5.32 Å². The standard InChI is InChI=1S/C12H18N2O2/c1-3-4-10(8-12(15)16)14-11-5-6-13-9(2)7-11/h5-7,10H,3-4,8H2,1-2H3,(H,13,14)(H,15,16). The summed E-state index contributed by atoms with van der Waals surface area (Å²) in [5.41, 5.74) is 1.86. The van der Waals surface area contributed by atoms with Gasteiger partial charge in [-0.1, -0.05) is 13.3 Å². The average molecular weight is 222 g/mol. The van der Waals surface area contributed by atoms with Gasteiger partial charge in [-0.2, -0.15) is 0 Å². The van der Waals surface area contributed by atoms with Crippen molar-refractivity contribution in [2.24, 2.45) is 0 Å². The molecule has 0 aliphatic heterocycles. The fraction of sp³-hybridized carbons (Fsp3) is 0.500. The number of nitrogens with zero attached hydrogens (tertiary/aromatic N) is 1. The molecule has 0 bridgehead atoms. The van der Waals surface area contributed by atoms with Crippen LogP contribution in [0.15, 0.2) is 18.3 Å². The molecule has 0 aliphatic rings. The summed E-state index contributed by atoms with van der Waals surface area (Å²) in [5.74, 6) is -0.767. The smallest absolute Gasteiger partial charge is 0.305 e. The molecule has 0 aliphatic carbocycles. The van der Waals surface area contributed by atoms with Gasteiger partial charge in [0.25, 0.3) is 0 Å².